The summed E-state index contributed by atoms with van der Waals surface area (Å²) in [6, 6.07) is 36.3. The summed E-state index contributed by atoms with van der Waals surface area (Å²) in [5, 5.41) is 5.49. The maximum atomic E-state index is 4.93. The molecule has 0 bridgehead atoms. The van der Waals surface area contributed by atoms with Crippen molar-refractivity contribution < 1.29 is 0 Å². The van der Waals surface area contributed by atoms with Crippen LogP contribution in [-0.2, 0) is 6.42 Å². The molecule has 0 radical (unpaired) electrons. The van der Waals surface area contributed by atoms with E-state index in [9.17, 15) is 0 Å². The summed E-state index contributed by atoms with van der Waals surface area (Å²) in [6.07, 6.45) is 0.872. The molecule has 9 aromatic rings. The number of nitrogens with zero attached hydrogens (tertiary/aromatic N) is 2. The third kappa shape index (κ3) is 6.31. The van der Waals surface area contributed by atoms with E-state index in [0.29, 0.717) is 0 Å². The van der Waals surface area contributed by atoms with Crippen LogP contribution in [0.4, 0.5) is 0 Å². The lowest BCUT2D eigenvalue weighted by molar-refractivity contribution is 0.908. The Hall–Kier alpha value is -5.41. The van der Waals surface area contributed by atoms with Gasteiger partial charge in [-0.1, -0.05) is 106 Å². The summed E-state index contributed by atoms with van der Waals surface area (Å²) >= 11 is 0. The van der Waals surface area contributed by atoms with E-state index >= 15 is 0 Å². The van der Waals surface area contributed by atoms with Gasteiger partial charge in [0, 0.05) is 12.1 Å². The molecule has 0 aliphatic rings. The Labute approximate surface area is 379 Å². The lowest BCUT2D eigenvalue weighted by atomic mass is 9.59. The van der Waals surface area contributed by atoms with Crippen molar-refractivity contribution in [1.82, 2.24) is 9.55 Å². The average Bonchev–Trinajstić information content (AvgIpc) is 3.68. The van der Waals surface area contributed by atoms with Gasteiger partial charge < -0.3 is 0 Å². The van der Waals surface area contributed by atoms with Gasteiger partial charge in [-0.15, -0.1) is 38.2 Å². The molecule has 0 unspecified atom stereocenters. The first-order valence-electron chi connectivity index (χ1n) is 22.5. The number of imidazole rings is 1. The van der Waals surface area contributed by atoms with E-state index in [1.807, 2.05) is 0 Å². The lowest BCUT2D eigenvalue weighted by Gasteiger charge is -2.28. The van der Waals surface area contributed by atoms with Crippen LogP contribution in [-0.4, -0.2) is 112 Å². The second kappa shape index (κ2) is 15.7. The van der Waals surface area contributed by atoms with Crippen LogP contribution in [0.25, 0.3) is 82.8 Å². The van der Waals surface area contributed by atoms with Crippen LogP contribution < -0.4 is 71.0 Å². The standard InChI is InChI=1S/C47H47B13N2/c1-2-27-61-25-8-3-4-9-26(25)62(27)24-16-14-20(15-17-24)19-10-12-21(13-11-19)28-31-33(39(52)45(58)43(56)37(31)50)29(34-32(28)38(51)44(57)46(59)40(34)53)22-6-5-7-23(18-22)30-35(48)41(54)47(60)42(55)36(30)49/h3-18H,2,48-60H2,1H3. The molecule has 0 atom stereocenters. The Balaban J connectivity index is 1.29. The second-order valence-electron chi connectivity index (χ2n) is 18.2. The van der Waals surface area contributed by atoms with Gasteiger partial charge in [-0.2, -0.15) is 0 Å². The van der Waals surface area contributed by atoms with Crippen molar-refractivity contribution >= 4 is 206 Å². The molecular weight excluding hydrogens is 733 g/mol. The van der Waals surface area contributed by atoms with Crippen molar-refractivity contribution in [2.24, 2.45) is 0 Å². The Kier molecular flexibility index (Phi) is 10.6. The normalized spacial score (nSPS) is 11.6. The molecule has 1 heterocycles. The van der Waals surface area contributed by atoms with Gasteiger partial charge in [0.25, 0.3) is 0 Å². The van der Waals surface area contributed by atoms with Crippen LogP contribution in [0.15, 0.2) is 97.1 Å². The molecule has 284 valence electrons. The van der Waals surface area contributed by atoms with Gasteiger partial charge in [0.15, 0.2) is 0 Å². The van der Waals surface area contributed by atoms with Crippen LogP contribution >= 0.6 is 0 Å². The lowest BCUT2D eigenvalue weighted by Crippen LogP contribution is -2.55. The Bertz CT molecular complexity index is 3250. The molecule has 2 nitrogen and oxygen atoms in total. The molecule has 0 saturated carbocycles. The van der Waals surface area contributed by atoms with Crippen molar-refractivity contribution in [3.05, 3.63) is 103 Å². The summed E-state index contributed by atoms with van der Waals surface area (Å²) < 4.78 is 2.30. The highest BCUT2D eigenvalue weighted by molar-refractivity contribution is 6.72. The molecule has 8 aromatic carbocycles. The maximum absolute atomic E-state index is 4.93. The zero-order valence-corrected chi connectivity index (χ0v) is 39.3. The summed E-state index contributed by atoms with van der Waals surface area (Å²) in [6.45, 7) is 2.18. The Morgan fingerprint density at radius 2 is 0.758 bits per heavy atom. The maximum Gasteiger partial charge on any atom is 0.139 e. The molecular formula is C47H47B13N2. The molecule has 0 amide bonds. The first-order chi connectivity index (χ1) is 29.7. The summed E-state index contributed by atoms with van der Waals surface area (Å²) in [5.74, 6) is 1.08. The van der Waals surface area contributed by atoms with Crippen LogP contribution in [0.1, 0.15) is 12.7 Å². The number of aryl methyl sites for hydroxylation is 1. The van der Waals surface area contributed by atoms with Crippen LogP contribution in [0, 0.1) is 0 Å². The van der Waals surface area contributed by atoms with Gasteiger partial charge in [0.2, 0.25) is 0 Å². The van der Waals surface area contributed by atoms with Gasteiger partial charge in [-0.25, -0.2) is 4.98 Å². The van der Waals surface area contributed by atoms with Gasteiger partial charge in [0.05, 0.1) is 11.0 Å². The molecule has 0 saturated heterocycles. The van der Waals surface area contributed by atoms with Gasteiger partial charge in [0.1, 0.15) is 108 Å². The molecule has 1 aromatic heterocycles. The first-order valence-corrected chi connectivity index (χ1v) is 22.5. The largest absolute Gasteiger partial charge is 0.296 e. The quantitative estimate of drug-likeness (QED) is 0.121. The molecule has 0 aliphatic heterocycles. The second-order valence-corrected chi connectivity index (χ2v) is 18.2. The van der Waals surface area contributed by atoms with Crippen molar-refractivity contribution in [2.45, 2.75) is 13.3 Å². The SMILES string of the molecule is Bc1c(B)c(B)c(-c2cccc(-c3c4c(B)c(B)c(B)c(B)c4c(-c4ccc(-c5ccc(-n6c(CC)nc7ccccc76)cc5)cc4)c4c(B)c(B)c(B)c(B)c34)c2)c(B)c1B. The van der Waals surface area contributed by atoms with E-state index in [-0.39, 0.29) is 0 Å². The number of hydrogen-bond donors (Lipinski definition) is 0. The van der Waals surface area contributed by atoms with Gasteiger partial charge in [-0.05, 0) is 96.4 Å². The zero-order chi connectivity index (χ0) is 44.0. The third-order valence-electron chi connectivity index (χ3n) is 15.4. The van der Waals surface area contributed by atoms with Gasteiger partial charge >= 0.3 is 0 Å². The van der Waals surface area contributed by atoms with E-state index in [2.05, 4.69) is 211 Å². The predicted octanol–water partition coefficient (Wildman–Crippen LogP) is -10.1. The molecule has 0 fully saturated rings. The minimum atomic E-state index is 0.872. The smallest absolute Gasteiger partial charge is 0.139 e. The molecule has 0 aliphatic carbocycles. The monoisotopic (exact) mass is 782 g/mol. The fourth-order valence-electron chi connectivity index (χ4n) is 10.7. The molecule has 15 heteroatoms. The zero-order valence-electron chi connectivity index (χ0n) is 39.3. The van der Waals surface area contributed by atoms with Crippen molar-refractivity contribution in [1.29, 1.82) is 0 Å². The highest BCUT2D eigenvalue weighted by Crippen LogP contribution is 2.41. The summed E-state index contributed by atoms with van der Waals surface area (Å²) in [5.41, 5.74) is 31.5. The fourth-order valence-corrected chi connectivity index (χ4v) is 10.7. The number of fused-ring (bicyclic) bond motifs is 3. The average molecular weight is 780 g/mol. The van der Waals surface area contributed by atoms with Crippen molar-refractivity contribution in [2.75, 3.05) is 0 Å². The molecule has 9 rings (SSSR count). The van der Waals surface area contributed by atoms with E-state index in [1.165, 1.54) is 137 Å². The Morgan fingerprint density at radius 1 is 0.371 bits per heavy atom. The van der Waals surface area contributed by atoms with Crippen molar-refractivity contribution in [3.8, 4) is 50.2 Å². The van der Waals surface area contributed by atoms with E-state index < -0.39 is 0 Å². The van der Waals surface area contributed by atoms with Crippen molar-refractivity contribution in [3.63, 3.8) is 0 Å². The Morgan fingerprint density at radius 3 is 1.24 bits per heavy atom. The minimum Gasteiger partial charge on any atom is -0.296 e. The molecule has 0 spiro atoms. The van der Waals surface area contributed by atoms with E-state index in [0.717, 1.165) is 29.0 Å². The van der Waals surface area contributed by atoms with Crippen LogP contribution in [0.2, 0.25) is 0 Å². The number of benzene rings is 8. The highest BCUT2D eigenvalue weighted by atomic mass is 15.1. The molecule has 0 N–H and O–H groups in total. The fraction of sp³-hybridized carbons (Fsp3) is 0.0426. The molecule has 62 heavy (non-hydrogen) atoms. The van der Waals surface area contributed by atoms with Gasteiger partial charge in [-0.3, -0.25) is 4.57 Å². The number of hydrogen-bond acceptors (Lipinski definition) is 1. The topological polar surface area (TPSA) is 17.8 Å². The number of rotatable bonds is 6. The number of aromatic nitrogens is 2. The summed E-state index contributed by atoms with van der Waals surface area (Å²) in [4.78, 5) is 4.93. The third-order valence-corrected chi connectivity index (χ3v) is 15.4. The predicted molar refractivity (Wildman–Crippen MR) is 314 cm³/mol. The van der Waals surface area contributed by atoms with Crippen LogP contribution in [0.3, 0.4) is 0 Å². The summed E-state index contributed by atoms with van der Waals surface area (Å²) in [7, 11) is 30.2. The van der Waals surface area contributed by atoms with E-state index in [1.54, 1.807) is 0 Å². The van der Waals surface area contributed by atoms with E-state index in [4.69, 9.17) is 4.98 Å². The van der Waals surface area contributed by atoms with Crippen LogP contribution in [0.5, 0.6) is 0 Å². The number of para-hydroxylation sites is 2. The highest BCUT2D eigenvalue weighted by Gasteiger charge is 2.26. The first kappa shape index (κ1) is 41.9. The minimum absolute atomic E-state index is 0.872.